The van der Waals surface area contributed by atoms with Crippen LogP contribution in [0.4, 0.5) is 0 Å². The Kier molecular flexibility index (Phi) is 5.86. The molecule has 0 aromatic carbocycles. The second kappa shape index (κ2) is 7.85. The van der Waals surface area contributed by atoms with Crippen LogP contribution in [-0.2, 0) is 0 Å². The van der Waals surface area contributed by atoms with Crippen molar-refractivity contribution in [3.63, 3.8) is 0 Å². The van der Waals surface area contributed by atoms with E-state index in [-0.39, 0.29) is 0 Å². The van der Waals surface area contributed by atoms with Crippen molar-refractivity contribution in [2.45, 2.75) is 96.3 Å². The molecule has 1 radical (unpaired) electrons. The lowest BCUT2D eigenvalue weighted by molar-refractivity contribution is 0.432. The lowest BCUT2D eigenvalue weighted by atomic mass is 9.90. The molecule has 0 heteroatoms. The van der Waals surface area contributed by atoms with Gasteiger partial charge in [0.25, 0.3) is 0 Å². The minimum absolute atomic E-state index is 0.975. The van der Waals surface area contributed by atoms with E-state index in [2.05, 4.69) is 6.42 Å². The van der Waals surface area contributed by atoms with Crippen molar-refractivity contribution in [2.24, 2.45) is 23.7 Å². The first-order chi connectivity index (χ1) is 9.90. The van der Waals surface area contributed by atoms with E-state index in [1.165, 1.54) is 83.5 Å². The minimum Gasteiger partial charge on any atom is -0.0530 e. The van der Waals surface area contributed by atoms with Gasteiger partial charge in [0.15, 0.2) is 0 Å². The Balaban J connectivity index is 1.21. The second-order valence-electron chi connectivity index (χ2n) is 8.13. The van der Waals surface area contributed by atoms with E-state index in [1.807, 2.05) is 0 Å². The standard InChI is InChI=1S/C20H35/c1(2-6-17-10-11-17)3-8-19(16-20-14-15-20)9-5-4-7-18-12-13-18/h8,17-20H,1-7,9-16H2. The van der Waals surface area contributed by atoms with Crippen LogP contribution in [0.3, 0.4) is 0 Å². The van der Waals surface area contributed by atoms with Gasteiger partial charge in [-0.2, -0.15) is 0 Å². The number of rotatable bonds is 13. The zero-order valence-electron chi connectivity index (χ0n) is 13.5. The maximum absolute atomic E-state index is 2.72. The highest BCUT2D eigenvalue weighted by molar-refractivity contribution is 4.84. The largest absolute Gasteiger partial charge is 0.0530 e. The molecule has 3 saturated carbocycles. The number of unbranched alkanes of at least 4 members (excludes halogenated alkanes) is 3. The highest BCUT2D eigenvalue weighted by atomic mass is 14.3. The van der Waals surface area contributed by atoms with Crippen LogP contribution in [0.1, 0.15) is 96.3 Å². The van der Waals surface area contributed by atoms with Gasteiger partial charge in [0.1, 0.15) is 0 Å². The summed E-state index contributed by atoms with van der Waals surface area (Å²) >= 11 is 0. The van der Waals surface area contributed by atoms with Crippen molar-refractivity contribution in [2.75, 3.05) is 0 Å². The van der Waals surface area contributed by atoms with E-state index in [9.17, 15) is 0 Å². The van der Waals surface area contributed by atoms with Crippen LogP contribution in [0.2, 0.25) is 0 Å². The summed E-state index contributed by atoms with van der Waals surface area (Å²) in [6.07, 6.45) is 25.5. The van der Waals surface area contributed by atoms with Gasteiger partial charge in [-0.1, -0.05) is 83.5 Å². The fourth-order valence-corrected chi connectivity index (χ4v) is 3.70. The first-order valence-electron chi connectivity index (χ1n) is 9.73. The molecule has 0 N–H and O–H groups in total. The van der Waals surface area contributed by atoms with Crippen LogP contribution in [0.25, 0.3) is 0 Å². The molecule has 0 spiro atoms. The van der Waals surface area contributed by atoms with Gasteiger partial charge in [-0.15, -0.1) is 0 Å². The third-order valence-corrected chi connectivity index (χ3v) is 5.73. The van der Waals surface area contributed by atoms with Gasteiger partial charge < -0.3 is 0 Å². The highest BCUT2D eigenvalue weighted by Crippen LogP contribution is 2.39. The lowest BCUT2D eigenvalue weighted by Crippen LogP contribution is -2.03. The van der Waals surface area contributed by atoms with Gasteiger partial charge in [0.05, 0.1) is 0 Å². The smallest absolute Gasteiger partial charge is 0.0355 e. The summed E-state index contributed by atoms with van der Waals surface area (Å²) in [5.74, 6) is 4.37. The Morgan fingerprint density at radius 2 is 1.30 bits per heavy atom. The zero-order chi connectivity index (χ0) is 13.6. The molecule has 3 aliphatic rings. The topological polar surface area (TPSA) is 0 Å². The van der Waals surface area contributed by atoms with Crippen LogP contribution >= 0.6 is 0 Å². The molecule has 3 aliphatic carbocycles. The molecule has 0 nitrogen and oxygen atoms in total. The van der Waals surface area contributed by atoms with Gasteiger partial charge in [-0.05, 0) is 42.9 Å². The first-order valence-corrected chi connectivity index (χ1v) is 9.73. The van der Waals surface area contributed by atoms with Crippen molar-refractivity contribution < 1.29 is 0 Å². The summed E-state index contributed by atoms with van der Waals surface area (Å²) in [4.78, 5) is 0. The average Bonchev–Trinajstić information content (AvgIpc) is 3.26. The van der Waals surface area contributed by atoms with Gasteiger partial charge >= 0.3 is 0 Å². The molecular formula is C20H35. The molecule has 3 rings (SSSR count). The molecule has 0 aromatic heterocycles. The van der Waals surface area contributed by atoms with Crippen LogP contribution < -0.4 is 0 Å². The molecule has 1 unspecified atom stereocenters. The third-order valence-electron chi connectivity index (χ3n) is 5.73. The van der Waals surface area contributed by atoms with E-state index in [1.54, 1.807) is 12.8 Å². The molecule has 0 amide bonds. The fraction of sp³-hybridized carbons (Fsp3) is 0.950. The normalized spacial score (nSPS) is 24.0. The Bertz CT molecular complexity index is 257. The van der Waals surface area contributed by atoms with Gasteiger partial charge in [-0.25, -0.2) is 0 Å². The monoisotopic (exact) mass is 275 g/mol. The second-order valence-corrected chi connectivity index (χ2v) is 8.13. The third kappa shape index (κ3) is 6.64. The summed E-state index contributed by atoms with van der Waals surface area (Å²) in [6.45, 7) is 0. The minimum atomic E-state index is 0.975. The predicted octanol–water partition coefficient (Wildman–Crippen LogP) is 6.55. The molecular weight excluding hydrogens is 240 g/mol. The van der Waals surface area contributed by atoms with Crippen molar-refractivity contribution in [3.8, 4) is 0 Å². The van der Waals surface area contributed by atoms with Crippen molar-refractivity contribution in [1.82, 2.24) is 0 Å². The SMILES string of the molecule is [CH](CCCCC1CC1)C(CCCCC1CC1)CC1CC1. The molecule has 0 aliphatic heterocycles. The Morgan fingerprint density at radius 3 is 1.90 bits per heavy atom. The molecule has 0 aromatic rings. The zero-order valence-corrected chi connectivity index (χ0v) is 13.5. The predicted molar refractivity (Wildman–Crippen MR) is 87.5 cm³/mol. The number of hydrogen-bond donors (Lipinski definition) is 0. The van der Waals surface area contributed by atoms with Crippen LogP contribution in [-0.4, -0.2) is 0 Å². The van der Waals surface area contributed by atoms with Gasteiger partial charge in [-0.3, -0.25) is 0 Å². The van der Waals surface area contributed by atoms with Crippen LogP contribution in [0, 0.1) is 30.1 Å². The highest BCUT2D eigenvalue weighted by Gasteiger charge is 2.26. The lowest BCUT2D eigenvalue weighted by Gasteiger charge is -2.16. The summed E-state index contributed by atoms with van der Waals surface area (Å²) in [5.41, 5.74) is 0. The summed E-state index contributed by atoms with van der Waals surface area (Å²) < 4.78 is 0. The Hall–Kier alpha value is 0. The molecule has 0 saturated heterocycles. The molecule has 0 bridgehead atoms. The summed E-state index contributed by atoms with van der Waals surface area (Å²) in [7, 11) is 0. The van der Waals surface area contributed by atoms with Crippen molar-refractivity contribution in [3.05, 3.63) is 6.42 Å². The van der Waals surface area contributed by atoms with Crippen LogP contribution in [0.15, 0.2) is 0 Å². The van der Waals surface area contributed by atoms with E-state index in [0.717, 1.165) is 23.7 Å². The van der Waals surface area contributed by atoms with Gasteiger partial charge in [0, 0.05) is 0 Å². The quantitative estimate of drug-likeness (QED) is 0.334. The van der Waals surface area contributed by atoms with Crippen molar-refractivity contribution >= 4 is 0 Å². The van der Waals surface area contributed by atoms with E-state index in [4.69, 9.17) is 0 Å². The van der Waals surface area contributed by atoms with E-state index >= 15 is 0 Å². The molecule has 20 heavy (non-hydrogen) atoms. The van der Waals surface area contributed by atoms with E-state index in [0.29, 0.717) is 0 Å². The average molecular weight is 276 g/mol. The molecule has 3 fully saturated rings. The summed E-state index contributed by atoms with van der Waals surface area (Å²) in [6, 6.07) is 0. The fourth-order valence-electron chi connectivity index (χ4n) is 3.70. The summed E-state index contributed by atoms with van der Waals surface area (Å²) in [5, 5.41) is 0. The van der Waals surface area contributed by atoms with Crippen LogP contribution in [0.5, 0.6) is 0 Å². The van der Waals surface area contributed by atoms with Crippen molar-refractivity contribution in [1.29, 1.82) is 0 Å². The maximum Gasteiger partial charge on any atom is -0.0355 e. The van der Waals surface area contributed by atoms with E-state index < -0.39 is 0 Å². The Labute approximate surface area is 127 Å². The number of hydrogen-bond acceptors (Lipinski definition) is 0. The molecule has 1 atom stereocenters. The maximum atomic E-state index is 2.72. The Morgan fingerprint density at radius 1 is 0.700 bits per heavy atom. The molecule has 0 heterocycles. The van der Waals surface area contributed by atoms with Gasteiger partial charge in [0.2, 0.25) is 0 Å². The first kappa shape index (κ1) is 14.9. The molecule has 115 valence electrons.